The third-order valence-electron chi connectivity index (χ3n) is 2.36. The summed E-state index contributed by atoms with van der Waals surface area (Å²) in [7, 11) is 0. The van der Waals surface area contributed by atoms with Crippen LogP contribution in [0.2, 0.25) is 0 Å². The Balaban J connectivity index is 2.49. The van der Waals surface area contributed by atoms with Crippen LogP contribution in [0.15, 0.2) is 18.2 Å². The summed E-state index contributed by atoms with van der Waals surface area (Å²) in [6.07, 6.45) is 0.567. The summed E-state index contributed by atoms with van der Waals surface area (Å²) >= 11 is 0. The van der Waals surface area contributed by atoms with E-state index in [1.807, 2.05) is 13.0 Å². The summed E-state index contributed by atoms with van der Waals surface area (Å²) in [5.74, 6) is 0. The molecular weight excluding hydrogens is 162 g/mol. The number of ether oxygens (including phenoxy) is 1. The summed E-state index contributed by atoms with van der Waals surface area (Å²) in [6.45, 7) is 2.69. The lowest BCUT2D eigenvalue weighted by Gasteiger charge is -2.21. The fraction of sp³-hybridized carbons (Fsp3) is 0.364. The van der Waals surface area contributed by atoms with Gasteiger partial charge >= 0.3 is 0 Å². The molecule has 2 heteroatoms. The average molecular weight is 173 g/mol. The van der Waals surface area contributed by atoms with Gasteiger partial charge in [-0.1, -0.05) is 23.8 Å². The third kappa shape index (κ3) is 1.43. The van der Waals surface area contributed by atoms with Crippen molar-refractivity contribution in [3.05, 3.63) is 34.9 Å². The number of fused-ring (bicyclic) bond motifs is 1. The molecule has 66 valence electrons. The molecule has 1 aromatic rings. The summed E-state index contributed by atoms with van der Waals surface area (Å²) in [5, 5.41) is 8.85. The van der Waals surface area contributed by atoms with Gasteiger partial charge in [-0.3, -0.25) is 0 Å². The molecule has 0 saturated carbocycles. The zero-order valence-electron chi connectivity index (χ0n) is 7.58. The maximum absolute atomic E-state index is 8.85. The standard InChI is InChI=1S/C11H11NO/c1-8-2-3-9-4-5-13-11(7-12)10(9)6-8/h2-3,6,11H,4-5H2,1H3/t11-/m1/s1. The van der Waals surface area contributed by atoms with Crippen LogP contribution in [0.5, 0.6) is 0 Å². The molecule has 0 amide bonds. The molecule has 0 N–H and O–H groups in total. The summed E-state index contributed by atoms with van der Waals surface area (Å²) in [4.78, 5) is 0. The van der Waals surface area contributed by atoms with E-state index in [2.05, 4.69) is 18.2 Å². The van der Waals surface area contributed by atoms with Crippen LogP contribution in [0.4, 0.5) is 0 Å². The molecule has 0 spiro atoms. The highest BCUT2D eigenvalue weighted by Gasteiger charge is 2.19. The third-order valence-corrected chi connectivity index (χ3v) is 2.36. The monoisotopic (exact) mass is 173 g/mol. The molecule has 0 aliphatic carbocycles. The van der Waals surface area contributed by atoms with Crippen molar-refractivity contribution in [3.63, 3.8) is 0 Å². The molecule has 13 heavy (non-hydrogen) atoms. The van der Waals surface area contributed by atoms with Gasteiger partial charge in [-0.15, -0.1) is 0 Å². The Morgan fingerprint density at radius 2 is 2.38 bits per heavy atom. The second-order valence-electron chi connectivity index (χ2n) is 3.33. The van der Waals surface area contributed by atoms with Gasteiger partial charge < -0.3 is 4.74 Å². The number of rotatable bonds is 0. The van der Waals surface area contributed by atoms with Crippen LogP contribution in [0.25, 0.3) is 0 Å². The van der Waals surface area contributed by atoms with Crippen molar-refractivity contribution < 1.29 is 4.74 Å². The van der Waals surface area contributed by atoms with Crippen LogP contribution in [-0.4, -0.2) is 6.61 Å². The minimum absolute atomic E-state index is 0.358. The summed E-state index contributed by atoms with van der Waals surface area (Å²) < 4.78 is 5.35. The van der Waals surface area contributed by atoms with Gasteiger partial charge in [0.05, 0.1) is 12.7 Å². The van der Waals surface area contributed by atoms with Crippen molar-refractivity contribution >= 4 is 0 Å². The number of hydrogen-bond donors (Lipinski definition) is 0. The van der Waals surface area contributed by atoms with Gasteiger partial charge in [0.1, 0.15) is 0 Å². The van der Waals surface area contributed by atoms with E-state index >= 15 is 0 Å². The number of benzene rings is 1. The van der Waals surface area contributed by atoms with E-state index in [1.54, 1.807) is 0 Å². The molecule has 2 nitrogen and oxygen atoms in total. The Bertz CT molecular complexity index is 365. The predicted molar refractivity (Wildman–Crippen MR) is 49.2 cm³/mol. The zero-order valence-corrected chi connectivity index (χ0v) is 7.58. The van der Waals surface area contributed by atoms with Crippen molar-refractivity contribution in [2.45, 2.75) is 19.4 Å². The minimum atomic E-state index is -0.358. The van der Waals surface area contributed by atoms with Crippen molar-refractivity contribution in [1.82, 2.24) is 0 Å². The topological polar surface area (TPSA) is 33.0 Å². The van der Waals surface area contributed by atoms with E-state index in [0.29, 0.717) is 6.61 Å². The zero-order chi connectivity index (χ0) is 9.26. The first-order valence-electron chi connectivity index (χ1n) is 4.42. The quantitative estimate of drug-likeness (QED) is 0.602. The Labute approximate surface area is 77.8 Å². The second-order valence-corrected chi connectivity index (χ2v) is 3.33. The minimum Gasteiger partial charge on any atom is -0.358 e. The lowest BCUT2D eigenvalue weighted by Crippen LogP contribution is -2.14. The predicted octanol–water partition coefficient (Wildman–Crippen LogP) is 2.13. The number of aryl methyl sites for hydroxylation is 1. The van der Waals surface area contributed by atoms with Crippen molar-refractivity contribution in [1.29, 1.82) is 5.26 Å². The van der Waals surface area contributed by atoms with Crippen LogP contribution in [0.1, 0.15) is 22.8 Å². The van der Waals surface area contributed by atoms with Gasteiger partial charge in [0, 0.05) is 0 Å². The molecule has 0 saturated heterocycles. The van der Waals surface area contributed by atoms with E-state index in [9.17, 15) is 0 Å². The van der Waals surface area contributed by atoms with Crippen molar-refractivity contribution in [2.75, 3.05) is 6.61 Å². The first-order valence-corrected chi connectivity index (χ1v) is 4.42. The van der Waals surface area contributed by atoms with Gasteiger partial charge in [0.25, 0.3) is 0 Å². The number of nitriles is 1. The van der Waals surface area contributed by atoms with E-state index in [1.165, 1.54) is 11.1 Å². The Hall–Kier alpha value is -1.33. The van der Waals surface area contributed by atoms with Crippen LogP contribution < -0.4 is 0 Å². The summed E-state index contributed by atoms with van der Waals surface area (Å²) in [6, 6.07) is 8.39. The first kappa shape index (κ1) is 8.28. The fourth-order valence-corrected chi connectivity index (χ4v) is 1.67. The highest BCUT2D eigenvalue weighted by molar-refractivity contribution is 5.37. The largest absolute Gasteiger partial charge is 0.358 e. The normalized spacial score (nSPS) is 20.5. The smallest absolute Gasteiger partial charge is 0.169 e. The van der Waals surface area contributed by atoms with E-state index in [4.69, 9.17) is 10.00 Å². The van der Waals surface area contributed by atoms with Gasteiger partial charge in [-0.2, -0.15) is 5.26 Å². The van der Waals surface area contributed by atoms with Crippen LogP contribution >= 0.6 is 0 Å². The highest BCUT2D eigenvalue weighted by Crippen LogP contribution is 2.27. The summed E-state index contributed by atoms with van der Waals surface area (Å²) in [5.41, 5.74) is 3.49. The van der Waals surface area contributed by atoms with Crippen LogP contribution in [-0.2, 0) is 11.2 Å². The molecule has 1 aliphatic heterocycles. The first-order chi connectivity index (χ1) is 6.31. The second kappa shape index (κ2) is 3.20. The molecule has 0 bridgehead atoms. The van der Waals surface area contributed by atoms with Crippen molar-refractivity contribution in [3.8, 4) is 6.07 Å². The molecule has 0 fully saturated rings. The molecule has 2 rings (SSSR count). The van der Waals surface area contributed by atoms with Crippen molar-refractivity contribution in [2.24, 2.45) is 0 Å². The Morgan fingerprint density at radius 1 is 1.54 bits per heavy atom. The lowest BCUT2D eigenvalue weighted by molar-refractivity contribution is 0.0799. The lowest BCUT2D eigenvalue weighted by atomic mass is 9.96. The maximum Gasteiger partial charge on any atom is 0.169 e. The van der Waals surface area contributed by atoms with E-state index < -0.39 is 0 Å². The molecule has 1 aliphatic rings. The van der Waals surface area contributed by atoms with Gasteiger partial charge in [0.15, 0.2) is 6.10 Å². The van der Waals surface area contributed by atoms with E-state index in [-0.39, 0.29) is 6.10 Å². The highest BCUT2D eigenvalue weighted by atomic mass is 16.5. The van der Waals surface area contributed by atoms with Crippen LogP contribution in [0.3, 0.4) is 0 Å². The molecule has 0 unspecified atom stereocenters. The molecule has 1 aromatic carbocycles. The maximum atomic E-state index is 8.85. The van der Waals surface area contributed by atoms with Gasteiger partial charge in [0.2, 0.25) is 0 Å². The molecule has 1 atom stereocenters. The Morgan fingerprint density at radius 3 is 3.15 bits per heavy atom. The molecular formula is C11H11NO. The SMILES string of the molecule is Cc1ccc2c(c1)[C@@H](C#N)OCC2. The molecule has 1 heterocycles. The molecule has 0 aromatic heterocycles. The van der Waals surface area contributed by atoms with Gasteiger partial charge in [-0.05, 0) is 24.5 Å². The fourth-order valence-electron chi connectivity index (χ4n) is 1.67. The van der Waals surface area contributed by atoms with E-state index in [0.717, 1.165) is 12.0 Å². The number of nitrogens with zero attached hydrogens (tertiary/aromatic N) is 1. The van der Waals surface area contributed by atoms with Gasteiger partial charge in [-0.25, -0.2) is 0 Å². The molecule has 0 radical (unpaired) electrons. The van der Waals surface area contributed by atoms with Crippen LogP contribution in [0, 0.1) is 18.3 Å². The average Bonchev–Trinajstić information content (AvgIpc) is 2.17. The number of hydrogen-bond acceptors (Lipinski definition) is 2. The Kier molecular flexibility index (Phi) is 2.03.